The van der Waals surface area contributed by atoms with Gasteiger partial charge >= 0.3 is 0 Å². The van der Waals surface area contributed by atoms with Gasteiger partial charge in [-0.3, -0.25) is 4.55 Å². The van der Waals surface area contributed by atoms with Gasteiger partial charge in [0.15, 0.2) is 0 Å². The van der Waals surface area contributed by atoms with Gasteiger partial charge in [0.25, 0.3) is 10.1 Å². The average molecular weight is 458 g/mol. The Labute approximate surface area is 192 Å². The summed E-state index contributed by atoms with van der Waals surface area (Å²) in [6, 6.07) is 7.76. The van der Waals surface area contributed by atoms with Gasteiger partial charge in [0.1, 0.15) is 0 Å². The van der Waals surface area contributed by atoms with Crippen LogP contribution >= 0.6 is 0 Å². The Balaban J connectivity index is -0.000000370. The fourth-order valence-corrected chi connectivity index (χ4v) is 2.72. The Hall–Kier alpha value is -1.63. The predicted octanol–water partition coefficient (Wildman–Crippen LogP) is 7.50. The minimum absolute atomic E-state index is 0.0741. The Morgan fingerprint density at radius 3 is 1.39 bits per heavy atom. The Bertz CT molecular complexity index is 568. The van der Waals surface area contributed by atoms with Crippen LogP contribution in [0.3, 0.4) is 0 Å². The summed E-state index contributed by atoms with van der Waals surface area (Å²) in [7, 11) is -4.00. The predicted molar refractivity (Wildman–Crippen MR) is 135 cm³/mol. The van der Waals surface area contributed by atoms with Crippen molar-refractivity contribution in [2.45, 2.75) is 103 Å². The summed E-state index contributed by atoms with van der Waals surface area (Å²) in [5.41, 5.74) is 5.11. The monoisotopic (exact) mass is 457 g/mol. The molecule has 6 heteroatoms. The van der Waals surface area contributed by atoms with E-state index in [4.69, 9.17) is 10.3 Å². The van der Waals surface area contributed by atoms with Gasteiger partial charge in [0.2, 0.25) is 0 Å². The molecule has 31 heavy (non-hydrogen) atoms. The zero-order chi connectivity index (χ0) is 24.4. The second kappa shape index (κ2) is 26.4. The van der Waals surface area contributed by atoms with Crippen LogP contribution in [0, 0.1) is 0 Å². The molecule has 0 radical (unpaired) electrons. The molecule has 0 aromatic heterocycles. The topological polar surface area (TPSA) is 89.6 Å². The summed E-state index contributed by atoms with van der Waals surface area (Å²) in [4.78, 5) is -0.0741. The zero-order valence-corrected chi connectivity index (χ0v) is 21.1. The summed E-state index contributed by atoms with van der Waals surface area (Å²) in [6.45, 7) is 15.0. The fraction of sp³-hybridized carbons (Fsp3) is 0.600. The second-order valence-corrected chi connectivity index (χ2v) is 8.75. The van der Waals surface area contributed by atoms with Gasteiger partial charge in [-0.25, -0.2) is 0 Å². The van der Waals surface area contributed by atoms with E-state index < -0.39 is 10.1 Å². The minimum atomic E-state index is -4.00. The molecule has 0 heterocycles. The van der Waals surface area contributed by atoms with Crippen molar-refractivity contribution in [3.63, 3.8) is 0 Å². The molecule has 0 aliphatic carbocycles. The van der Waals surface area contributed by atoms with Crippen molar-refractivity contribution in [1.29, 1.82) is 0 Å². The van der Waals surface area contributed by atoms with Crippen LogP contribution in [0.4, 0.5) is 0 Å². The summed E-state index contributed by atoms with van der Waals surface area (Å²) in [5.74, 6) is 0. The van der Waals surface area contributed by atoms with E-state index in [2.05, 4.69) is 31.7 Å². The van der Waals surface area contributed by atoms with Crippen LogP contribution in [-0.4, -0.2) is 19.0 Å². The van der Waals surface area contributed by atoms with Crippen LogP contribution in [0.5, 0.6) is 0 Å². The van der Waals surface area contributed by atoms with Gasteiger partial charge in [-0.15, -0.1) is 0 Å². The molecule has 0 saturated heterocycles. The molecule has 0 atom stereocenters. The highest BCUT2D eigenvalue weighted by Crippen LogP contribution is 2.10. The molecule has 0 spiro atoms. The van der Waals surface area contributed by atoms with Crippen molar-refractivity contribution in [2.75, 3.05) is 0 Å². The highest BCUT2D eigenvalue weighted by Gasteiger charge is 2.05. The first-order valence-corrected chi connectivity index (χ1v) is 12.8. The van der Waals surface area contributed by atoms with Gasteiger partial charge in [0.05, 0.1) is 17.4 Å². The van der Waals surface area contributed by atoms with Crippen molar-refractivity contribution in [3.05, 3.63) is 56.0 Å². The molecular formula is C25H47NO4S. The maximum Gasteiger partial charge on any atom is 0.294 e. The summed E-state index contributed by atoms with van der Waals surface area (Å²) in [5, 5.41) is 0. The van der Waals surface area contributed by atoms with Crippen molar-refractivity contribution in [3.8, 4) is 0 Å². The standard InChI is InChI=1S/C12H26.C6H6O3S.C4H6O.C3H9N/c1-3-5-7-9-11-12-10-8-6-4-2;7-10(8,9)6-4-2-1-3-5-6;1-3-5-4-2;1-3(2)4/h3-12H2,1-2H3;1-5H,(H,7,8,9);3-4H,1-2H2;3H,4H2,1-2H3. The third-order valence-electron chi connectivity index (χ3n) is 3.69. The molecule has 0 aliphatic heterocycles. The Kier molecular flexibility index (Phi) is 29.0. The third-order valence-corrected chi connectivity index (χ3v) is 4.56. The van der Waals surface area contributed by atoms with Crippen LogP contribution in [0.15, 0.2) is 60.9 Å². The first-order chi connectivity index (χ1) is 14.7. The average Bonchev–Trinajstić information content (AvgIpc) is 2.71. The molecule has 0 amide bonds. The van der Waals surface area contributed by atoms with E-state index in [9.17, 15) is 8.42 Å². The highest BCUT2D eigenvalue weighted by atomic mass is 32.2. The molecule has 0 aliphatic rings. The lowest BCUT2D eigenvalue weighted by molar-refractivity contribution is 0.406. The summed E-state index contributed by atoms with van der Waals surface area (Å²) >= 11 is 0. The van der Waals surface area contributed by atoms with Crippen molar-refractivity contribution in [1.82, 2.24) is 0 Å². The normalized spacial score (nSPS) is 9.77. The molecule has 1 aromatic carbocycles. The van der Waals surface area contributed by atoms with Gasteiger partial charge in [-0.1, -0.05) is 123 Å². The number of hydrogen-bond acceptors (Lipinski definition) is 4. The largest absolute Gasteiger partial charge is 0.474 e. The molecule has 0 fully saturated rings. The van der Waals surface area contributed by atoms with Gasteiger partial charge in [-0.2, -0.15) is 8.42 Å². The van der Waals surface area contributed by atoms with Gasteiger partial charge < -0.3 is 10.5 Å². The molecule has 0 bridgehead atoms. The zero-order valence-electron chi connectivity index (χ0n) is 20.3. The minimum Gasteiger partial charge on any atom is -0.474 e. The smallest absolute Gasteiger partial charge is 0.294 e. The van der Waals surface area contributed by atoms with Gasteiger partial charge in [0, 0.05) is 0 Å². The van der Waals surface area contributed by atoms with Crippen LogP contribution in [0.25, 0.3) is 0 Å². The van der Waals surface area contributed by atoms with Crippen LogP contribution < -0.4 is 5.73 Å². The number of benzene rings is 1. The Morgan fingerprint density at radius 1 is 0.871 bits per heavy atom. The molecule has 0 saturated carbocycles. The molecule has 5 nitrogen and oxygen atoms in total. The molecule has 1 aromatic rings. The quantitative estimate of drug-likeness (QED) is 0.193. The molecular weight excluding hydrogens is 410 g/mol. The van der Waals surface area contributed by atoms with Crippen LogP contribution in [0.2, 0.25) is 0 Å². The maximum absolute atomic E-state index is 10.4. The van der Waals surface area contributed by atoms with E-state index >= 15 is 0 Å². The second-order valence-electron chi connectivity index (χ2n) is 7.33. The molecule has 0 unspecified atom stereocenters. The molecule has 182 valence electrons. The third kappa shape index (κ3) is 36.1. The number of nitrogens with two attached hydrogens (primary N) is 1. The number of hydrogen-bond donors (Lipinski definition) is 2. The lowest BCUT2D eigenvalue weighted by Gasteiger charge is -1.99. The van der Waals surface area contributed by atoms with Gasteiger partial charge in [-0.05, 0) is 18.2 Å². The van der Waals surface area contributed by atoms with E-state index in [0.29, 0.717) is 6.04 Å². The van der Waals surface area contributed by atoms with E-state index in [-0.39, 0.29) is 4.90 Å². The fourth-order valence-electron chi connectivity index (χ4n) is 2.22. The Morgan fingerprint density at radius 2 is 1.19 bits per heavy atom. The molecule has 3 N–H and O–H groups in total. The lowest BCUT2D eigenvalue weighted by atomic mass is 10.1. The number of unbranched alkanes of at least 4 members (excludes halogenated alkanes) is 9. The van der Waals surface area contributed by atoms with Crippen molar-refractivity contribution in [2.24, 2.45) is 5.73 Å². The van der Waals surface area contributed by atoms with E-state index in [0.717, 1.165) is 0 Å². The van der Waals surface area contributed by atoms with Crippen LogP contribution in [0.1, 0.15) is 91.9 Å². The van der Waals surface area contributed by atoms with Crippen LogP contribution in [-0.2, 0) is 14.9 Å². The van der Waals surface area contributed by atoms with Crippen molar-refractivity contribution < 1.29 is 17.7 Å². The van der Waals surface area contributed by atoms with E-state index in [1.54, 1.807) is 18.2 Å². The van der Waals surface area contributed by atoms with Crippen molar-refractivity contribution >= 4 is 10.1 Å². The number of rotatable bonds is 12. The maximum atomic E-state index is 10.4. The summed E-state index contributed by atoms with van der Waals surface area (Å²) < 4.78 is 33.6. The SMILES string of the molecule is C=COC=C.CC(C)N.CCCCCCCCCCCC.O=S(=O)(O)c1ccccc1. The first kappa shape index (κ1) is 34.0. The molecule has 1 rings (SSSR count). The lowest BCUT2D eigenvalue weighted by Crippen LogP contribution is -2.06. The first-order valence-electron chi connectivity index (χ1n) is 11.3. The van der Waals surface area contributed by atoms with E-state index in [1.165, 1.54) is 88.9 Å². The summed E-state index contributed by atoms with van der Waals surface area (Å²) in [6.07, 6.45) is 17.1. The highest BCUT2D eigenvalue weighted by molar-refractivity contribution is 7.85. The number of ether oxygens (including phenoxy) is 1. The van der Waals surface area contributed by atoms with E-state index in [1.807, 2.05) is 13.8 Å².